The van der Waals surface area contributed by atoms with Crippen LogP contribution in [0.25, 0.3) is 0 Å². The van der Waals surface area contributed by atoms with E-state index in [1.54, 1.807) is 0 Å². The summed E-state index contributed by atoms with van der Waals surface area (Å²) in [6, 6.07) is 0. The molecule has 0 heterocycles. The summed E-state index contributed by atoms with van der Waals surface area (Å²) >= 11 is 0. The first-order valence-electron chi connectivity index (χ1n) is 5.09. The molecule has 0 amide bonds. The average molecular weight is 207 g/mol. The predicted octanol–water partition coefficient (Wildman–Crippen LogP) is 1.90. The van der Waals surface area contributed by atoms with Gasteiger partial charge in [0.05, 0.1) is 5.75 Å². The van der Waals surface area contributed by atoms with Crippen molar-refractivity contribution in [3.8, 4) is 0 Å². The molecule has 0 bridgehead atoms. The summed E-state index contributed by atoms with van der Waals surface area (Å²) in [5.41, 5.74) is 0. The van der Waals surface area contributed by atoms with Crippen molar-refractivity contribution in [3.63, 3.8) is 0 Å². The molecule has 0 aliphatic rings. The summed E-state index contributed by atoms with van der Waals surface area (Å²) in [4.78, 5) is 0. The lowest BCUT2D eigenvalue weighted by molar-refractivity contribution is 0.572. The SMILES string of the molecule is CCCCCCNS(=O)(=O)CCC. The van der Waals surface area contributed by atoms with E-state index >= 15 is 0 Å². The molecule has 0 aromatic heterocycles. The molecule has 0 saturated heterocycles. The Kier molecular flexibility index (Phi) is 7.28. The molecule has 0 aromatic carbocycles. The van der Waals surface area contributed by atoms with Gasteiger partial charge in [-0.3, -0.25) is 0 Å². The number of rotatable bonds is 8. The molecule has 0 atom stereocenters. The number of hydrogen-bond donors (Lipinski definition) is 1. The highest BCUT2D eigenvalue weighted by molar-refractivity contribution is 7.89. The van der Waals surface area contributed by atoms with E-state index in [9.17, 15) is 8.42 Å². The van der Waals surface area contributed by atoms with E-state index in [4.69, 9.17) is 0 Å². The van der Waals surface area contributed by atoms with Gasteiger partial charge < -0.3 is 0 Å². The lowest BCUT2D eigenvalue weighted by atomic mass is 10.2. The molecule has 0 aromatic rings. The lowest BCUT2D eigenvalue weighted by Gasteiger charge is -2.04. The molecule has 0 radical (unpaired) electrons. The van der Waals surface area contributed by atoms with Crippen LogP contribution < -0.4 is 4.72 Å². The van der Waals surface area contributed by atoms with Gasteiger partial charge in [-0.05, 0) is 12.8 Å². The second-order valence-electron chi connectivity index (χ2n) is 3.27. The quantitative estimate of drug-likeness (QED) is 0.618. The summed E-state index contributed by atoms with van der Waals surface area (Å²) in [6.45, 7) is 4.61. The van der Waals surface area contributed by atoms with Gasteiger partial charge in [0.2, 0.25) is 10.0 Å². The summed E-state index contributed by atoms with van der Waals surface area (Å²) in [6.07, 6.45) is 5.13. The van der Waals surface area contributed by atoms with Gasteiger partial charge in [0.15, 0.2) is 0 Å². The van der Waals surface area contributed by atoms with E-state index in [0.29, 0.717) is 13.0 Å². The van der Waals surface area contributed by atoms with Crippen LogP contribution in [0, 0.1) is 0 Å². The Morgan fingerprint density at radius 1 is 1.00 bits per heavy atom. The maximum atomic E-state index is 11.2. The van der Waals surface area contributed by atoms with Gasteiger partial charge in [0.25, 0.3) is 0 Å². The van der Waals surface area contributed by atoms with E-state index in [0.717, 1.165) is 12.8 Å². The monoisotopic (exact) mass is 207 g/mol. The molecule has 13 heavy (non-hydrogen) atoms. The molecule has 0 rings (SSSR count). The molecule has 80 valence electrons. The van der Waals surface area contributed by atoms with E-state index in [1.165, 1.54) is 12.8 Å². The first kappa shape index (κ1) is 12.9. The molecule has 0 saturated carbocycles. The van der Waals surface area contributed by atoms with Gasteiger partial charge >= 0.3 is 0 Å². The minimum Gasteiger partial charge on any atom is -0.215 e. The number of unbranched alkanes of at least 4 members (excludes halogenated alkanes) is 3. The zero-order chi connectivity index (χ0) is 10.2. The van der Waals surface area contributed by atoms with Crippen LogP contribution >= 0.6 is 0 Å². The van der Waals surface area contributed by atoms with Crippen molar-refractivity contribution in [2.45, 2.75) is 46.0 Å². The minimum atomic E-state index is -2.97. The summed E-state index contributed by atoms with van der Waals surface area (Å²) in [5, 5.41) is 0. The molecule has 0 aliphatic heterocycles. The second kappa shape index (κ2) is 7.33. The van der Waals surface area contributed by atoms with Gasteiger partial charge in [0.1, 0.15) is 0 Å². The summed E-state index contributed by atoms with van der Waals surface area (Å²) in [7, 11) is -2.97. The Hall–Kier alpha value is -0.0900. The maximum absolute atomic E-state index is 11.2. The minimum absolute atomic E-state index is 0.251. The average Bonchev–Trinajstić information content (AvgIpc) is 2.04. The van der Waals surface area contributed by atoms with Crippen LogP contribution in [-0.2, 0) is 10.0 Å². The zero-order valence-corrected chi connectivity index (χ0v) is 9.49. The molecular formula is C9H21NO2S. The Balaban J connectivity index is 3.41. The summed E-state index contributed by atoms with van der Waals surface area (Å²) in [5.74, 6) is 0.251. The van der Waals surface area contributed by atoms with Crippen LogP contribution in [0.4, 0.5) is 0 Å². The summed E-state index contributed by atoms with van der Waals surface area (Å²) < 4.78 is 24.9. The van der Waals surface area contributed by atoms with E-state index in [1.807, 2.05) is 6.92 Å². The highest BCUT2D eigenvalue weighted by Crippen LogP contribution is 1.98. The highest BCUT2D eigenvalue weighted by Gasteiger charge is 2.06. The van der Waals surface area contributed by atoms with Gasteiger partial charge in [-0.25, -0.2) is 13.1 Å². The van der Waals surface area contributed by atoms with Crippen LogP contribution in [0.5, 0.6) is 0 Å². The second-order valence-corrected chi connectivity index (χ2v) is 5.20. The van der Waals surface area contributed by atoms with Gasteiger partial charge in [-0.15, -0.1) is 0 Å². The van der Waals surface area contributed by atoms with Crippen LogP contribution in [0.15, 0.2) is 0 Å². The van der Waals surface area contributed by atoms with Crippen molar-refractivity contribution >= 4 is 10.0 Å². The molecule has 0 spiro atoms. The lowest BCUT2D eigenvalue weighted by Crippen LogP contribution is -2.27. The van der Waals surface area contributed by atoms with Gasteiger partial charge in [0, 0.05) is 6.54 Å². The Morgan fingerprint density at radius 2 is 1.69 bits per heavy atom. The Bertz CT molecular complexity index is 200. The van der Waals surface area contributed by atoms with Crippen LogP contribution in [0.1, 0.15) is 46.0 Å². The van der Waals surface area contributed by atoms with E-state index < -0.39 is 10.0 Å². The van der Waals surface area contributed by atoms with Crippen molar-refractivity contribution < 1.29 is 8.42 Å². The molecule has 0 fully saturated rings. The Labute approximate surface area is 82.0 Å². The molecule has 0 aliphatic carbocycles. The number of sulfonamides is 1. The highest BCUT2D eigenvalue weighted by atomic mass is 32.2. The number of nitrogens with one attached hydrogen (secondary N) is 1. The third-order valence-electron chi connectivity index (χ3n) is 1.83. The molecule has 3 nitrogen and oxygen atoms in total. The number of hydrogen-bond acceptors (Lipinski definition) is 2. The van der Waals surface area contributed by atoms with Crippen LogP contribution in [-0.4, -0.2) is 20.7 Å². The topological polar surface area (TPSA) is 46.2 Å². The van der Waals surface area contributed by atoms with Gasteiger partial charge in [-0.2, -0.15) is 0 Å². The smallest absolute Gasteiger partial charge is 0.211 e. The molecular weight excluding hydrogens is 186 g/mol. The van der Waals surface area contributed by atoms with Crippen molar-refractivity contribution in [2.75, 3.05) is 12.3 Å². The fraction of sp³-hybridized carbons (Fsp3) is 1.00. The van der Waals surface area contributed by atoms with Gasteiger partial charge in [-0.1, -0.05) is 33.1 Å². The maximum Gasteiger partial charge on any atom is 0.211 e. The van der Waals surface area contributed by atoms with E-state index in [2.05, 4.69) is 11.6 Å². The Morgan fingerprint density at radius 3 is 2.23 bits per heavy atom. The third kappa shape index (κ3) is 8.25. The first-order chi connectivity index (χ1) is 6.12. The van der Waals surface area contributed by atoms with E-state index in [-0.39, 0.29) is 5.75 Å². The fourth-order valence-corrected chi connectivity index (χ4v) is 2.26. The normalized spacial score (nSPS) is 11.8. The fourth-order valence-electron chi connectivity index (χ4n) is 1.12. The zero-order valence-electron chi connectivity index (χ0n) is 8.67. The van der Waals surface area contributed by atoms with Crippen LogP contribution in [0.3, 0.4) is 0 Å². The molecule has 0 unspecified atom stereocenters. The standard InChI is InChI=1S/C9H21NO2S/c1-3-5-6-7-8-10-13(11,12)9-4-2/h10H,3-9H2,1-2H3. The van der Waals surface area contributed by atoms with Crippen molar-refractivity contribution in [1.82, 2.24) is 4.72 Å². The van der Waals surface area contributed by atoms with Crippen molar-refractivity contribution in [2.24, 2.45) is 0 Å². The van der Waals surface area contributed by atoms with Crippen molar-refractivity contribution in [3.05, 3.63) is 0 Å². The van der Waals surface area contributed by atoms with Crippen molar-refractivity contribution in [1.29, 1.82) is 0 Å². The molecule has 1 N–H and O–H groups in total. The third-order valence-corrected chi connectivity index (χ3v) is 3.41. The largest absolute Gasteiger partial charge is 0.215 e. The molecule has 4 heteroatoms. The predicted molar refractivity (Wildman–Crippen MR) is 56.2 cm³/mol. The van der Waals surface area contributed by atoms with Crippen LogP contribution in [0.2, 0.25) is 0 Å². The first-order valence-corrected chi connectivity index (χ1v) is 6.75.